The topological polar surface area (TPSA) is 35.5 Å². The molecule has 2 aliphatic rings. The molecule has 0 spiro atoms. The van der Waals surface area contributed by atoms with Crippen LogP contribution in [0.25, 0.3) is 0 Å². The Hall–Kier alpha value is -2.36. The number of hydrogen-bond donors (Lipinski definition) is 0. The average molecular weight is 382 g/mol. The standard InChI is InChI=1S/C24H27FO3/c1-24(17-5-3-6-18(24)8-4-7-17)19-10-12-20(13-11-19)28-22-14-9-16(15-21(22)25)23(26)27-2/h9-15,17-18H,3-8H2,1-2H3. The van der Waals surface area contributed by atoms with Crippen molar-refractivity contribution in [2.24, 2.45) is 11.8 Å². The fraction of sp³-hybridized carbons (Fsp3) is 0.458. The van der Waals surface area contributed by atoms with Crippen molar-refractivity contribution in [2.75, 3.05) is 7.11 Å². The van der Waals surface area contributed by atoms with Crippen molar-refractivity contribution in [3.05, 3.63) is 59.4 Å². The highest BCUT2D eigenvalue weighted by atomic mass is 19.1. The van der Waals surface area contributed by atoms with E-state index in [1.54, 1.807) is 0 Å². The summed E-state index contributed by atoms with van der Waals surface area (Å²) in [5.41, 5.74) is 1.78. The van der Waals surface area contributed by atoms with Crippen LogP contribution in [-0.2, 0) is 10.2 Å². The molecule has 148 valence electrons. The second kappa shape index (κ2) is 7.57. The molecule has 0 aliphatic heterocycles. The van der Waals surface area contributed by atoms with Gasteiger partial charge >= 0.3 is 5.97 Å². The molecule has 0 aromatic heterocycles. The van der Waals surface area contributed by atoms with Crippen LogP contribution in [0.3, 0.4) is 0 Å². The smallest absolute Gasteiger partial charge is 0.337 e. The van der Waals surface area contributed by atoms with Crippen molar-refractivity contribution in [1.82, 2.24) is 0 Å². The molecule has 0 heterocycles. The molecular formula is C24H27FO3. The Bertz CT molecular complexity index is 837. The fourth-order valence-electron chi connectivity index (χ4n) is 5.35. The number of benzene rings is 2. The second-order valence-electron chi connectivity index (χ2n) is 8.30. The highest BCUT2D eigenvalue weighted by Crippen LogP contribution is 2.54. The summed E-state index contributed by atoms with van der Waals surface area (Å²) in [4.78, 5) is 11.5. The van der Waals surface area contributed by atoms with Gasteiger partial charge in [0.05, 0.1) is 12.7 Å². The van der Waals surface area contributed by atoms with Crippen molar-refractivity contribution in [3.8, 4) is 11.5 Å². The third-order valence-corrected chi connectivity index (χ3v) is 6.96. The van der Waals surface area contributed by atoms with Gasteiger partial charge in [0.2, 0.25) is 0 Å². The number of esters is 1. The zero-order chi connectivity index (χ0) is 19.7. The molecule has 2 aromatic carbocycles. The van der Waals surface area contributed by atoms with Gasteiger partial charge < -0.3 is 9.47 Å². The molecule has 0 unspecified atom stereocenters. The van der Waals surface area contributed by atoms with E-state index < -0.39 is 11.8 Å². The summed E-state index contributed by atoms with van der Waals surface area (Å²) in [7, 11) is 1.27. The molecule has 4 rings (SSSR count). The van der Waals surface area contributed by atoms with E-state index in [-0.39, 0.29) is 16.7 Å². The van der Waals surface area contributed by atoms with Gasteiger partial charge in [0.15, 0.2) is 11.6 Å². The normalized spacial score (nSPS) is 26.5. The first-order chi connectivity index (χ1) is 13.5. The van der Waals surface area contributed by atoms with E-state index >= 15 is 0 Å². The number of carbonyl (C=O) groups excluding carboxylic acids is 1. The molecule has 2 saturated carbocycles. The van der Waals surface area contributed by atoms with Gasteiger partial charge in [0.25, 0.3) is 0 Å². The number of fused-ring (bicyclic) bond motifs is 2. The summed E-state index contributed by atoms with van der Waals surface area (Å²) in [5.74, 6) is 1.06. The molecule has 2 bridgehead atoms. The maximum Gasteiger partial charge on any atom is 0.337 e. The van der Waals surface area contributed by atoms with E-state index in [9.17, 15) is 9.18 Å². The molecular weight excluding hydrogens is 355 g/mol. The molecule has 0 atom stereocenters. The monoisotopic (exact) mass is 382 g/mol. The summed E-state index contributed by atoms with van der Waals surface area (Å²) in [5, 5.41) is 0. The number of ether oxygens (including phenoxy) is 2. The molecule has 0 radical (unpaired) electrons. The number of carbonyl (C=O) groups is 1. The third-order valence-electron chi connectivity index (χ3n) is 6.96. The molecule has 28 heavy (non-hydrogen) atoms. The van der Waals surface area contributed by atoms with Crippen LogP contribution < -0.4 is 4.74 Å². The minimum atomic E-state index is -0.583. The average Bonchev–Trinajstić information content (AvgIpc) is 2.69. The summed E-state index contributed by atoms with van der Waals surface area (Å²) in [6.07, 6.45) is 8.00. The Morgan fingerprint density at radius 1 is 1.00 bits per heavy atom. The maximum absolute atomic E-state index is 14.3. The second-order valence-corrected chi connectivity index (χ2v) is 8.30. The highest BCUT2D eigenvalue weighted by molar-refractivity contribution is 5.89. The third kappa shape index (κ3) is 3.30. The van der Waals surface area contributed by atoms with Crippen LogP contribution in [0.5, 0.6) is 11.5 Å². The lowest BCUT2D eigenvalue weighted by Crippen LogP contribution is -2.45. The summed E-state index contributed by atoms with van der Waals surface area (Å²) >= 11 is 0. The highest BCUT2D eigenvalue weighted by Gasteiger charge is 2.46. The predicted molar refractivity (Wildman–Crippen MR) is 106 cm³/mol. The number of halogens is 1. The van der Waals surface area contributed by atoms with Crippen molar-refractivity contribution in [3.63, 3.8) is 0 Å². The van der Waals surface area contributed by atoms with Gasteiger partial charge in [0, 0.05) is 0 Å². The van der Waals surface area contributed by atoms with E-state index in [4.69, 9.17) is 4.74 Å². The lowest BCUT2D eigenvalue weighted by atomic mass is 9.53. The van der Waals surface area contributed by atoms with E-state index in [1.807, 2.05) is 12.1 Å². The largest absolute Gasteiger partial charge is 0.465 e. The van der Waals surface area contributed by atoms with Crippen LogP contribution in [0.2, 0.25) is 0 Å². The number of methoxy groups -OCH3 is 1. The van der Waals surface area contributed by atoms with Crippen LogP contribution in [0, 0.1) is 17.7 Å². The molecule has 0 N–H and O–H groups in total. The SMILES string of the molecule is COC(=O)c1ccc(Oc2ccc(C3(C)C4CCCC3CCC4)cc2)c(F)c1. The van der Waals surface area contributed by atoms with E-state index in [0.717, 1.165) is 17.9 Å². The van der Waals surface area contributed by atoms with Crippen LogP contribution >= 0.6 is 0 Å². The lowest BCUT2D eigenvalue weighted by Gasteiger charge is -2.52. The zero-order valence-electron chi connectivity index (χ0n) is 16.5. The van der Waals surface area contributed by atoms with E-state index in [2.05, 4.69) is 23.8 Å². The fourth-order valence-corrected chi connectivity index (χ4v) is 5.35. The van der Waals surface area contributed by atoms with Crippen LogP contribution in [-0.4, -0.2) is 13.1 Å². The Kier molecular flexibility index (Phi) is 5.13. The van der Waals surface area contributed by atoms with Gasteiger partial charge in [-0.2, -0.15) is 0 Å². The predicted octanol–water partition coefficient (Wildman–Crippen LogP) is 6.26. The minimum absolute atomic E-state index is 0.0983. The van der Waals surface area contributed by atoms with Crippen LogP contribution in [0.15, 0.2) is 42.5 Å². The van der Waals surface area contributed by atoms with E-state index in [1.165, 1.54) is 63.3 Å². The van der Waals surface area contributed by atoms with Crippen molar-refractivity contribution in [1.29, 1.82) is 0 Å². The Balaban J connectivity index is 1.53. The molecule has 4 heteroatoms. The quantitative estimate of drug-likeness (QED) is 0.585. The van der Waals surface area contributed by atoms with Gasteiger partial charge in [-0.1, -0.05) is 31.9 Å². The maximum atomic E-state index is 14.3. The Morgan fingerprint density at radius 2 is 1.61 bits per heavy atom. The van der Waals surface area contributed by atoms with Crippen molar-refractivity contribution in [2.45, 2.75) is 50.9 Å². The van der Waals surface area contributed by atoms with Gasteiger partial charge in [-0.15, -0.1) is 0 Å². The van der Waals surface area contributed by atoms with Gasteiger partial charge in [-0.25, -0.2) is 9.18 Å². The van der Waals surface area contributed by atoms with Crippen molar-refractivity contribution < 1.29 is 18.7 Å². The van der Waals surface area contributed by atoms with E-state index in [0.29, 0.717) is 5.75 Å². The first-order valence-electron chi connectivity index (χ1n) is 10.2. The summed E-state index contributed by atoms with van der Waals surface area (Å²) in [6, 6.07) is 12.3. The van der Waals surface area contributed by atoms with Crippen LogP contribution in [0.1, 0.15) is 61.4 Å². The van der Waals surface area contributed by atoms with Crippen molar-refractivity contribution >= 4 is 5.97 Å². The molecule has 0 saturated heterocycles. The summed E-state index contributed by atoms with van der Waals surface area (Å²) in [6.45, 7) is 2.43. The Labute approximate surface area is 165 Å². The van der Waals surface area contributed by atoms with Gasteiger partial charge in [-0.05, 0) is 78.8 Å². The van der Waals surface area contributed by atoms with Gasteiger partial charge in [-0.3, -0.25) is 0 Å². The molecule has 2 fully saturated rings. The Morgan fingerprint density at radius 3 is 2.14 bits per heavy atom. The molecule has 2 aliphatic carbocycles. The number of rotatable bonds is 4. The lowest BCUT2D eigenvalue weighted by molar-refractivity contribution is 0.0600. The molecule has 3 nitrogen and oxygen atoms in total. The number of hydrogen-bond acceptors (Lipinski definition) is 3. The molecule has 0 amide bonds. The molecule has 2 aromatic rings. The first kappa shape index (κ1) is 19.0. The zero-order valence-corrected chi connectivity index (χ0v) is 16.5. The summed E-state index contributed by atoms with van der Waals surface area (Å²) < 4.78 is 24.6. The first-order valence-corrected chi connectivity index (χ1v) is 10.2. The van der Waals surface area contributed by atoms with Gasteiger partial charge in [0.1, 0.15) is 5.75 Å². The minimum Gasteiger partial charge on any atom is -0.465 e. The van der Waals surface area contributed by atoms with Crippen LogP contribution in [0.4, 0.5) is 4.39 Å².